The second-order valence-electron chi connectivity index (χ2n) is 4.09. The maximum absolute atomic E-state index is 13.7. The molecular formula is C12H11F2N3O2. The first kappa shape index (κ1) is 13.0. The van der Waals surface area contributed by atoms with E-state index in [1.54, 1.807) is 6.92 Å². The van der Waals surface area contributed by atoms with Crippen LogP contribution >= 0.6 is 0 Å². The van der Waals surface area contributed by atoms with E-state index in [-0.39, 0.29) is 23.5 Å². The summed E-state index contributed by atoms with van der Waals surface area (Å²) in [5.74, 6) is -3.20. The summed E-state index contributed by atoms with van der Waals surface area (Å²) < 4.78 is 28.0. The fourth-order valence-electron chi connectivity index (χ4n) is 1.73. The van der Waals surface area contributed by atoms with Crippen LogP contribution in [0.25, 0.3) is 0 Å². The smallest absolute Gasteiger partial charge is 0.358 e. The first-order valence-electron chi connectivity index (χ1n) is 5.40. The van der Waals surface area contributed by atoms with Crippen molar-refractivity contribution in [2.75, 3.05) is 5.73 Å². The van der Waals surface area contributed by atoms with Crippen molar-refractivity contribution in [3.05, 3.63) is 46.8 Å². The standard InChI is InChI=1S/C12H11F2N3O2/c1-6-2-3-8(13)10(14)7(6)4-17-5-9(15)11(16-17)12(18)19/h2-3,5H,4,15H2,1H3,(H,18,19). The summed E-state index contributed by atoms with van der Waals surface area (Å²) >= 11 is 0. The summed E-state index contributed by atoms with van der Waals surface area (Å²) in [4.78, 5) is 10.8. The van der Waals surface area contributed by atoms with Crippen LogP contribution in [0.1, 0.15) is 21.6 Å². The zero-order valence-electron chi connectivity index (χ0n) is 10.0. The van der Waals surface area contributed by atoms with Gasteiger partial charge < -0.3 is 10.8 Å². The molecule has 0 bridgehead atoms. The Hall–Kier alpha value is -2.44. The van der Waals surface area contributed by atoms with E-state index in [0.717, 1.165) is 6.07 Å². The number of aromatic nitrogens is 2. The van der Waals surface area contributed by atoms with Gasteiger partial charge in [0.25, 0.3) is 0 Å². The summed E-state index contributed by atoms with van der Waals surface area (Å²) in [5, 5.41) is 12.5. The summed E-state index contributed by atoms with van der Waals surface area (Å²) in [6.45, 7) is 1.54. The minimum absolute atomic E-state index is 0.0260. The Morgan fingerprint density at radius 2 is 2.16 bits per heavy atom. The molecule has 3 N–H and O–H groups in total. The minimum Gasteiger partial charge on any atom is -0.476 e. The van der Waals surface area contributed by atoms with Crippen molar-refractivity contribution < 1.29 is 18.7 Å². The highest BCUT2D eigenvalue weighted by atomic mass is 19.2. The zero-order chi connectivity index (χ0) is 14.2. The van der Waals surface area contributed by atoms with Crippen molar-refractivity contribution in [2.24, 2.45) is 0 Å². The number of hydrogen-bond donors (Lipinski definition) is 2. The van der Waals surface area contributed by atoms with Crippen molar-refractivity contribution in [1.82, 2.24) is 9.78 Å². The summed E-state index contributed by atoms with van der Waals surface area (Å²) in [5.41, 5.74) is 5.79. The topological polar surface area (TPSA) is 81.1 Å². The number of nitrogens with two attached hydrogens (primary N) is 1. The molecule has 0 radical (unpaired) electrons. The van der Waals surface area contributed by atoms with E-state index in [9.17, 15) is 13.6 Å². The van der Waals surface area contributed by atoms with Gasteiger partial charge in [0, 0.05) is 11.8 Å². The maximum atomic E-state index is 13.7. The van der Waals surface area contributed by atoms with Crippen LogP contribution in [0.5, 0.6) is 0 Å². The first-order valence-corrected chi connectivity index (χ1v) is 5.40. The van der Waals surface area contributed by atoms with E-state index in [1.807, 2.05) is 0 Å². The molecule has 0 aliphatic carbocycles. The molecule has 2 rings (SSSR count). The molecule has 0 atom stereocenters. The van der Waals surface area contributed by atoms with Crippen LogP contribution in [-0.2, 0) is 6.54 Å². The van der Waals surface area contributed by atoms with E-state index in [0.29, 0.717) is 5.56 Å². The quantitative estimate of drug-likeness (QED) is 0.888. The molecule has 5 nitrogen and oxygen atoms in total. The Morgan fingerprint density at radius 3 is 2.74 bits per heavy atom. The third kappa shape index (κ3) is 2.40. The first-order chi connectivity index (χ1) is 8.90. The predicted molar refractivity (Wildman–Crippen MR) is 63.8 cm³/mol. The fourth-order valence-corrected chi connectivity index (χ4v) is 1.73. The molecule has 1 aromatic carbocycles. The van der Waals surface area contributed by atoms with Gasteiger partial charge in [-0.1, -0.05) is 6.07 Å². The van der Waals surface area contributed by atoms with Crippen LogP contribution in [0.15, 0.2) is 18.3 Å². The van der Waals surface area contributed by atoms with Crippen LogP contribution in [0.3, 0.4) is 0 Å². The Kier molecular flexibility index (Phi) is 3.20. The number of rotatable bonds is 3. The lowest BCUT2D eigenvalue weighted by atomic mass is 10.1. The molecule has 19 heavy (non-hydrogen) atoms. The Labute approximate surface area is 107 Å². The van der Waals surface area contributed by atoms with Crippen molar-refractivity contribution >= 4 is 11.7 Å². The number of hydrogen-bond acceptors (Lipinski definition) is 3. The van der Waals surface area contributed by atoms with Gasteiger partial charge in [-0.25, -0.2) is 13.6 Å². The van der Waals surface area contributed by atoms with E-state index in [2.05, 4.69) is 5.10 Å². The SMILES string of the molecule is Cc1ccc(F)c(F)c1Cn1cc(N)c(C(=O)O)n1. The van der Waals surface area contributed by atoms with Crippen LogP contribution in [0.4, 0.5) is 14.5 Å². The normalized spacial score (nSPS) is 10.7. The largest absolute Gasteiger partial charge is 0.476 e. The van der Waals surface area contributed by atoms with Crippen molar-refractivity contribution in [3.8, 4) is 0 Å². The molecule has 2 aromatic rings. The second-order valence-corrected chi connectivity index (χ2v) is 4.09. The zero-order valence-corrected chi connectivity index (χ0v) is 10.0. The molecule has 0 fully saturated rings. The lowest BCUT2D eigenvalue weighted by Crippen LogP contribution is -2.08. The van der Waals surface area contributed by atoms with Gasteiger partial charge in [-0.05, 0) is 18.6 Å². The number of aromatic carboxylic acids is 1. The molecule has 0 spiro atoms. The minimum atomic E-state index is -1.27. The van der Waals surface area contributed by atoms with Gasteiger partial charge >= 0.3 is 5.97 Å². The molecule has 0 unspecified atom stereocenters. The highest BCUT2D eigenvalue weighted by molar-refractivity contribution is 5.91. The average Bonchev–Trinajstić information content (AvgIpc) is 2.71. The van der Waals surface area contributed by atoms with Crippen molar-refractivity contribution in [2.45, 2.75) is 13.5 Å². The summed E-state index contributed by atoms with van der Waals surface area (Å²) in [6.07, 6.45) is 1.27. The molecule has 100 valence electrons. The molecule has 0 saturated carbocycles. The Morgan fingerprint density at radius 1 is 1.47 bits per heavy atom. The second kappa shape index (κ2) is 4.68. The number of carboxylic acid groups (broad SMARTS) is 1. The van der Waals surface area contributed by atoms with E-state index >= 15 is 0 Å². The van der Waals surface area contributed by atoms with Crippen molar-refractivity contribution in [1.29, 1.82) is 0 Å². The monoisotopic (exact) mass is 267 g/mol. The molecule has 1 heterocycles. The summed E-state index contributed by atoms with van der Waals surface area (Å²) in [7, 11) is 0. The highest BCUT2D eigenvalue weighted by Crippen LogP contribution is 2.18. The van der Waals surface area contributed by atoms with Crippen LogP contribution in [0, 0.1) is 18.6 Å². The third-order valence-electron chi connectivity index (χ3n) is 2.74. The molecule has 0 amide bonds. The number of anilines is 1. The number of aryl methyl sites for hydroxylation is 1. The molecular weight excluding hydrogens is 256 g/mol. The highest BCUT2D eigenvalue weighted by Gasteiger charge is 2.16. The van der Waals surface area contributed by atoms with Gasteiger partial charge in [0.2, 0.25) is 0 Å². The Bertz CT molecular complexity index is 653. The van der Waals surface area contributed by atoms with E-state index in [4.69, 9.17) is 10.8 Å². The fraction of sp³-hybridized carbons (Fsp3) is 0.167. The van der Waals surface area contributed by atoms with Crippen LogP contribution in [-0.4, -0.2) is 20.9 Å². The van der Waals surface area contributed by atoms with Gasteiger partial charge in [0.1, 0.15) is 0 Å². The van der Waals surface area contributed by atoms with Gasteiger partial charge in [0.05, 0.1) is 12.2 Å². The molecule has 7 heteroatoms. The number of carboxylic acids is 1. The lowest BCUT2D eigenvalue weighted by Gasteiger charge is -2.08. The van der Waals surface area contributed by atoms with Crippen LogP contribution < -0.4 is 5.73 Å². The van der Waals surface area contributed by atoms with Gasteiger partial charge in [0.15, 0.2) is 17.3 Å². The van der Waals surface area contributed by atoms with Gasteiger partial charge in [-0.15, -0.1) is 0 Å². The van der Waals surface area contributed by atoms with E-state index < -0.39 is 17.6 Å². The van der Waals surface area contributed by atoms with Crippen molar-refractivity contribution in [3.63, 3.8) is 0 Å². The number of benzene rings is 1. The summed E-state index contributed by atoms with van der Waals surface area (Å²) in [6, 6.07) is 2.48. The Balaban J connectivity index is 2.39. The number of halogens is 2. The predicted octanol–water partition coefficient (Wildman–Crippen LogP) is 1.80. The van der Waals surface area contributed by atoms with Gasteiger partial charge in [-0.2, -0.15) is 5.10 Å². The molecule has 0 saturated heterocycles. The van der Waals surface area contributed by atoms with Crippen LogP contribution in [0.2, 0.25) is 0 Å². The number of nitrogen functional groups attached to an aromatic ring is 1. The molecule has 0 aliphatic rings. The third-order valence-corrected chi connectivity index (χ3v) is 2.74. The number of nitrogens with zero attached hydrogens (tertiary/aromatic N) is 2. The lowest BCUT2D eigenvalue weighted by molar-refractivity contribution is 0.0690. The maximum Gasteiger partial charge on any atom is 0.358 e. The molecule has 1 aromatic heterocycles. The molecule has 0 aliphatic heterocycles. The van der Waals surface area contributed by atoms with Gasteiger partial charge in [-0.3, -0.25) is 4.68 Å². The average molecular weight is 267 g/mol. The number of carbonyl (C=O) groups is 1. The van der Waals surface area contributed by atoms with E-state index in [1.165, 1.54) is 16.9 Å².